The Labute approximate surface area is 327 Å². The van der Waals surface area contributed by atoms with Crippen molar-refractivity contribution in [3.05, 3.63) is 188 Å². The van der Waals surface area contributed by atoms with Gasteiger partial charge in [-0.05, 0) is 69.8 Å². The number of aromatic nitrogens is 3. The van der Waals surface area contributed by atoms with Gasteiger partial charge >= 0.3 is 0 Å². The van der Waals surface area contributed by atoms with Gasteiger partial charge in [0.2, 0.25) is 0 Å². The highest BCUT2D eigenvalue weighted by Crippen LogP contribution is 2.44. The summed E-state index contributed by atoms with van der Waals surface area (Å²) in [5.74, 6) is 1.78. The van der Waals surface area contributed by atoms with Crippen molar-refractivity contribution in [3.8, 4) is 67.5 Å². The highest BCUT2D eigenvalue weighted by molar-refractivity contribution is 7.25. The summed E-state index contributed by atoms with van der Waals surface area (Å²) in [6.07, 6.45) is 0. The van der Waals surface area contributed by atoms with Crippen molar-refractivity contribution >= 4 is 53.4 Å². The Morgan fingerprint density at radius 2 is 0.875 bits per heavy atom. The number of nitrogens with zero attached hydrogens (tertiary/aromatic N) is 3. The van der Waals surface area contributed by atoms with Crippen molar-refractivity contribution in [2.45, 2.75) is 0 Å². The molecule has 56 heavy (non-hydrogen) atoms. The van der Waals surface area contributed by atoms with E-state index in [1.807, 2.05) is 53.8 Å². The fourth-order valence-electron chi connectivity index (χ4n) is 7.79. The van der Waals surface area contributed by atoms with Gasteiger partial charge in [-0.25, -0.2) is 15.0 Å². The summed E-state index contributed by atoms with van der Waals surface area (Å²) in [6.45, 7) is 0. The molecule has 0 amide bonds. The summed E-state index contributed by atoms with van der Waals surface area (Å²) < 4.78 is 9.28. The van der Waals surface area contributed by atoms with Crippen molar-refractivity contribution < 1.29 is 4.42 Å². The molecule has 0 saturated heterocycles. The van der Waals surface area contributed by atoms with Crippen molar-refractivity contribution in [1.82, 2.24) is 15.0 Å². The summed E-state index contributed by atoms with van der Waals surface area (Å²) in [6, 6.07) is 65.7. The van der Waals surface area contributed by atoms with E-state index in [2.05, 4.69) is 146 Å². The maximum atomic E-state index is 6.71. The van der Waals surface area contributed by atoms with E-state index in [9.17, 15) is 0 Å². The molecule has 0 unspecified atom stereocenters. The lowest BCUT2D eigenvalue weighted by Gasteiger charge is -2.12. The molecule has 0 saturated carbocycles. The lowest BCUT2D eigenvalue weighted by molar-refractivity contribution is 0.669. The van der Waals surface area contributed by atoms with Gasteiger partial charge in [0.25, 0.3) is 0 Å². The van der Waals surface area contributed by atoms with Crippen LogP contribution < -0.4 is 0 Å². The van der Waals surface area contributed by atoms with E-state index >= 15 is 0 Å². The summed E-state index contributed by atoms with van der Waals surface area (Å²) >= 11 is 1.84. The third-order valence-corrected chi connectivity index (χ3v) is 11.7. The molecule has 4 nitrogen and oxygen atoms in total. The summed E-state index contributed by atoms with van der Waals surface area (Å²) in [4.78, 5) is 15.1. The van der Waals surface area contributed by atoms with Gasteiger partial charge in [0.1, 0.15) is 11.2 Å². The van der Waals surface area contributed by atoms with E-state index in [-0.39, 0.29) is 0 Å². The molecular formula is C51H31N3OS. The molecule has 11 aromatic rings. The third-order valence-electron chi connectivity index (χ3n) is 10.6. The van der Waals surface area contributed by atoms with Gasteiger partial charge in [0, 0.05) is 42.1 Å². The highest BCUT2D eigenvalue weighted by Gasteiger charge is 2.20. The molecular weight excluding hydrogens is 703 g/mol. The number of para-hydroxylation sites is 1. The minimum Gasteiger partial charge on any atom is -0.455 e. The van der Waals surface area contributed by atoms with Crippen molar-refractivity contribution in [2.75, 3.05) is 0 Å². The fourth-order valence-corrected chi connectivity index (χ4v) is 8.92. The number of benzene rings is 8. The number of thiophene rings is 1. The van der Waals surface area contributed by atoms with E-state index in [1.165, 1.54) is 36.9 Å². The molecule has 0 atom stereocenters. The van der Waals surface area contributed by atoms with E-state index in [1.54, 1.807) is 0 Å². The van der Waals surface area contributed by atoms with Gasteiger partial charge in [-0.3, -0.25) is 0 Å². The van der Waals surface area contributed by atoms with Crippen LogP contribution in [0.4, 0.5) is 0 Å². The predicted molar refractivity (Wildman–Crippen MR) is 233 cm³/mol. The SMILES string of the molecule is c1ccc(-c2ccc(-c3nc(-c4ccccc4)nc(-c4cccc5c4oc4ccc(-c6cc7sc8ccccc8c7cc6-c6ccccc6)cc45)n3)cc2)cc1. The van der Waals surface area contributed by atoms with Gasteiger partial charge < -0.3 is 4.42 Å². The van der Waals surface area contributed by atoms with Gasteiger partial charge in [0.05, 0.1) is 5.56 Å². The maximum absolute atomic E-state index is 6.71. The van der Waals surface area contributed by atoms with Crippen LogP contribution in [0, 0.1) is 0 Å². The van der Waals surface area contributed by atoms with Crippen LogP contribution in [0.25, 0.3) is 110 Å². The molecule has 0 aliphatic carbocycles. The number of hydrogen-bond donors (Lipinski definition) is 0. The zero-order valence-corrected chi connectivity index (χ0v) is 30.9. The standard InChI is InChI=1S/C51H31N3OS/c1-4-13-32(14-5-1)33-23-25-36(26-24-33)50-52-49(35-17-8-3-9-18-35)53-51(54-50)40-21-12-20-39-43-29-37(27-28-45(43)55-48(39)40)42-31-47-44(38-19-10-11-22-46(38)56-47)30-41(42)34-15-6-2-7-16-34/h1-31H. The molecule has 0 spiro atoms. The Hall–Kier alpha value is -7.21. The second-order valence-electron chi connectivity index (χ2n) is 14.0. The molecule has 262 valence electrons. The van der Waals surface area contributed by atoms with Crippen molar-refractivity contribution in [3.63, 3.8) is 0 Å². The van der Waals surface area contributed by atoms with Crippen LogP contribution in [0.15, 0.2) is 192 Å². The van der Waals surface area contributed by atoms with Crippen LogP contribution >= 0.6 is 11.3 Å². The molecule has 0 radical (unpaired) electrons. The van der Waals surface area contributed by atoms with Crippen molar-refractivity contribution in [2.24, 2.45) is 0 Å². The fraction of sp³-hybridized carbons (Fsp3) is 0. The first-order valence-corrected chi connectivity index (χ1v) is 19.5. The molecule has 0 fully saturated rings. The average Bonchev–Trinajstić information content (AvgIpc) is 3.84. The Morgan fingerprint density at radius 1 is 0.321 bits per heavy atom. The molecule has 3 heterocycles. The minimum absolute atomic E-state index is 0.562. The summed E-state index contributed by atoms with van der Waals surface area (Å²) in [7, 11) is 0. The second kappa shape index (κ2) is 13.3. The van der Waals surface area contributed by atoms with Gasteiger partial charge in [-0.2, -0.15) is 0 Å². The number of furan rings is 1. The average molecular weight is 734 g/mol. The molecule has 0 aliphatic rings. The number of rotatable bonds is 6. The number of fused-ring (bicyclic) bond motifs is 6. The molecule has 5 heteroatoms. The van der Waals surface area contributed by atoms with Crippen LogP contribution in [-0.4, -0.2) is 15.0 Å². The molecule has 0 N–H and O–H groups in total. The van der Waals surface area contributed by atoms with Gasteiger partial charge in [-0.15, -0.1) is 11.3 Å². The lowest BCUT2D eigenvalue weighted by Crippen LogP contribution is -2.00. The minimum atomic E-state index is 0.562. The van der Waals surface area contributed by atoms with Gasteiger partial charge in [0.15, 0.2) is 17.5 Å². The van der Waals surface area contributed by atoms with Crippen LogP contribution in [0.3, 0.4) is 0 Å². The van der Waals surface area contributed by atoms with Crippen molar-refractivity contribution in [1.29, 1.82) is 0 Å². The van der Waals surface area contributed by atoms with E-state index in [0.717, 1.165) is 55.3 Å². The Morgan fingerprint density at radius 3 is 1.62 bits per heavy atom. The Kier molecular flexibility index (Phi) is 7.64. The maximum Gasteiger partial charge on any atom is 0.167 e. The Balaban J connectivity index is 1.07. The van der Waals surface area contributed by atoms with E-state index in [0.29, 0.717) is 17.5 Å². The van der Waals surface area contributed by atoms with Crippen LogP contribution in [-0.2, 0) is 0 Å². The molecule has 3 aromatic heterocycles. The van der Waals surface area contributed by atoms with Crippen LogP contribution in [0.1, 0.15) is 0 Å². The van der Waals surface area contributed by atoms with E-state index in [4.69, 9.17) is 19.4 Å². The summed E-state index contributed by atoms with van der Waals surface area (Å²) in [5, 5.41) is 4.63. The second-order valence-corrected chi connectivity index (χ2v) is 15.1. The highest BCUT2D eigenvalue weighted by atomic mass is 32.1. The predicted octanol–water partition coefficient (Wildman–Crippen LogP) is 14.1. The third kappa shape index (κ3) is 5.56. The topological polar surface area (TPSA) is 51.8 Å². The Bertz CT molecular complexity index is 3230. The van der Waals surface area contributed by atoms with E-state index < -0.39 is 0 Å². The molecule has 0 aliphatic heterocycles. The molecule has 0 bridgehead atoms. The number of hydrogen-bond acceptors (Lipinski definition) is 5. The lowest BCUT2D eigenvalue weighted by atomic mass is 9.92. The molecule has 11 rings (SSSR count). The largest absolute Gasteiger partial charge is 0.455 e. The van der Waals surface area contributed by atoms with Crippen LogP contribution in [0.5, 0.6) is 0 Å². The first-order valence-electron chi connectivity index (χ1n) is 18.7. The monoisotopic (exact) mass is 733 g/mol. The quantitative estimate of drug-likeness (QED) is 0.171. The zero-order valence-electron chi connectivity index (χ0n) is 30.1. The normalized spacial score (nSPS) is 11.6. The first-order chi connectivity index (χ1) is 27.7. The van der Waals surface area contributed by atoms with Crippen LogP contribution in [0.2, 0.25) is 0 Å². The zero-order chi connectivity index (χ0) is 37.0. The summed E-state index contributed by atoms with van der Waals surface area (Å²) in [5.41, 5.74) is 11.2. The first kappa shape index (κ1) is 32.2. The van der Waals surface area contributed by atoms with Gasteiger partial charge in [-0.1, -0.05) is 152 Å². The molecule has 8 aromatic carbocycles. The smallest absolute Gasteiger partial charge is 0.167 e.